The van der Waals surface area contributed by atoms with E-state index in [0.29, 0.717) is 0 Å². The van der Waals surface area contributed by atoms with Gasteiger partial charge in [0.25, 0.3) is 0 Å². The topological polar surface area (TPSA) is 12.9 Å². The zero-order valence-electron chi connectivity index (χ0n) is 5.71. The Kier molecular flexibility index (Phi) is 1.62. The molecule has 2 aromatic rings. The number of pyridine rings is 1. The maximum Gasteiger partial charge on any atom is 0.0713 e. The predicted octanol–water partition coefficient (Wildman–Crippen LogP) is 2.80. The van der Waals surface area contributed by atoms with Crippen molar-refractivity contribution >= 4 is 26.8 Å². The van der Waals surface area contributed by atoms with Crippen LogP contribution in [-0.4, -0.2) is 4.98 Å². The average Bonchev–Trinajstić information content (AvgIpc) is 2.06. The molecule has 53 valence electrons. The van der Waals surface area contributed by atoms with Crippen molar-refractivity contribution in [1.82, 2.24) is 4.98 Å². The molecular weight excluding hydrogens is 202 g/mol. The van der Waals surface area contributed by atoms with Gasteiger partial charge in [0.15, 0.2) is 0 Å². The molecule has 0 aliphatic heterocycles. The van der Waals surface area contributed by atoms with Gasteiger partial charge in [-0.25, -0.2) is 0 Å². The number of fused-ring (bicyclic) bond motifs is 1. The molecule has 2 heteroatoms. The first kappa shape index (κ1) is 6.80. The first-order chi connectivity index (χ1) is 5.38. The van der Waals surface area contributed by atoms with E-state index >= 15 is 0 Å². The van der Waals surface area contributed by atoms with Crippen LogP contribution in [0.15, 0.2) is 34.9 Å². The Morgan fingerprint density at radius 1 is 1.36 bits per heavy atom. The molecule has 0 bridgehead atoms. The third-order valence-electron chi connectivity index (χ3n) is 1.53. The van der Waals surface area contributed by atoms with Crippen LogP contribution >= 0.6 is 15.9 Å². The van der Waals surface area contributed by atoms with Crippen molar-refractivity contribution in [2.24, 2.45) is 0 Å². The van der Waals surface area contributed by atoms with Crippen molar-refractivity contribution in [2.45, 2.75) is 0 Å². The standard InChI is InChI=1S/C9H5BrN/c10-8-4-1-5-9-7(8)3-2-6-11-9/h1-3,5-6H. The maximum absolute atomic E-state index is 4.19. The number of aromatic nitrogens is 1. The van der Waals surface area contributed by atoms with Crippen LogP contribution in [0.3, 0.4) is 0 Å². The summed E-state index contributed by atoms with van der Waals surface area (Å²) < 4.78 is 0.975. The third kappa shape index (κ3) is 1.14. The largest absolute Gasteiger partial charge is 0.256 e. The number of benzene rings is 1. The van der Waals surface area contributed by atoms with Crippen LogP contribution in [0.5, 0.6) is 0 Å². The molecule has 2 rings (SSSR count). The molecule has 1 radical (unpaired) electrons. The molecule has 0 spiro atoms. The van der Waals surface area contributed by atoms with Crippen LogP contribution in [0.2, 0.25) is 0 Å². The predicted molar refractivity (Wildman–Crippen MR) is 48.3 cm³/mol. The second kappa shape index (κ2) is 2.62. The Balaban J connectivity index is 2.91. The Hall–Kier alpha value is -0.890. The smallest absolute Gasteiger partial charge is 0.0713 e. The van der Waals surface area contributed by atoms with Gasteiger partial charge in [0.2, 0.25) is 0 Å². The van der Waals surface area contributed by atoms with Crippen LogP contribution in [0.1, 0.15) is 0 Å². The van der Waals surface area contributed by atoms with E-state index in [9.17, 15) is 0 Å². The molecule has 1 aromatic heterocycles. The van der Waals surface area contributed by atoms with Crippen LogP contribution in [0.25, 0.3) is 10.9 Å². The highest BCUT2D eigenvalue weighted by Crippen LogP contribution is 2.20. The SMILES string of the molecule is Brc1[c]ccc2ncccc12. The van der Waals surface area contributed by atoms with Crippen molar-refractivity contribution in [3.05, 3.63) is 41.0 Å². The Labute approximate surface area is 73.2 Å². The molecule has 0 aliphatic carbocycles. The molecule has 11 heavy (non-hydrogen) atoms. The van der Waals surface area contributed by atoms with E-state index < -0.39 is 0 Å². The zero-order chi connectivity index (χ0) is 7.68. The van der Waals surface area contributed by atoms with Crippen molar-refractivity contribution in [3.8, 4) is 0 Å². The monoisotopic (exact) mass is 206 g/mol. The number of rotatable bonds is 0. The summed E-state index contributed by atoms with van der Waals surface area (Å²) in [5.74, 6) is 0. The summed E-state index contributed by atoms with van der Waals surface area (Å²) in [6.07, 6.45) is 1.79. The molecule has 0 aliphatic rings. The van der Waals surface area contributed by atoms with Crippen molar-refractivity contribution in [3.63, 3.8) is 0 Å². The first-order valence-electron chi connectivity index (χ1n) is 3.29. The lowest BCUT2D eigenvalue weighted by Crippen LogP contribution is -1.76. The Bertz CT molecular complexity index is 379. The van der Waals surface area contributed by atoms with Crippen molar-refractivity contribution in [1.29, 1.82) is 0 Å². The first-order valence-corrected chi connectivity index (χ1v) is 4.08. The summed E-state index contributed by atoms with van der Waals surface area (Å²) in [4.78, 5) is 4.19. The molecule has 0 atom stereocenters. The summed E-state index contributed by atoms with van der Waals surface area (Å²) in [5.41, 5.74) is 0.998. The van der Waals surface area contributed by atoms with Crippen molar-refractivity contribution in [2.75, 3.05) is 0 Å². The highest BCUT2D eigenvalue weighted by Gasteiger charge is 1.95. The summed E-state index contributed by atoms with van der Waals surface area (Å²) in [7, 11) is 0. The number of hydrogen-bond donors (Lipinski definition) is 0. The highest BCUT2D eigenvalue weighted by atomic mass is 79.9. The van der Waals surface area contributed by atoms with Gasteiger partial charge in [-0.15, -0.1) is 0 Å². The van der Waals surface area contributed by atoms with Gasteiger partial charge in [0.1, 0.15) is 0 Å². The molecule has 1 nitrogen and oxygen atoms in total. The fourth-order valence-electron chi connectivity index (χ4n) is 1.01. The number of halogens is 1. The van der Waals surface area contributed by atoms with Crippen molar-refractivity contribution < 1.29 is 0 Å². The number of hydrogen-bond acceptors (Lipinski definition) is 1. The maximum atomic E-state index is 4.19. The second-order valence-electron chi connectivity index (χ2n) is 2.23. The molecule has 0 saturated heterocycles. The molecular formula is C9H5BrN. The van der Waals surface area contributed by atoms with E-state index in [0.717, 1.165) is 15.4 Å². The lowest BCUT2D eigenvalue weighted by Gasteiger charge is -1.96. The summed E-state index contributed by atoms with van der Waals surface area (Å²) in [6.45, 7) is 0. The normalized spacial score (nSPS) is 10.3. The Morgan fingerprint density at radius 3 is 3.09 bits per heavy atom. The number of nitrogens with zero attached hydrogens (tertiary/aromatic N) is 1. The van der Waals surface area contributed by atoms with E-state index in [1.165, 1.54) is 0 Å². The second-order valence-corrected chi connectivity index (χ2v) is 3.02. The lowest BCUT2D eigenvalue weighted by atomic mass is 10.2. The van der Waals surface area contributed by atoms with Crippen LogP contribution in [-0.2, 0) is 0 Å². The summed E-state index contributed by atoms with van der Waals surface area (Å²) in [6, 6.07) is 10.8. The van der Waals surface area contributed by atoms with Gasteiger partial charge in [0.05, 0.1) is 5.52 Å². The van der Waals surface area contributed by atoms with E-state index in [1.807, 2.05) is 24.3 Å². The van der Waals surface area contributed by atoms with Gasteiger partial charge in [-0.3, -0.25) is 4.98 Å². The average molecular weight is 207 g/mol. The fraction of sp³-hybridized carbons (Fsp3) is 0. The lowest BCUT2D eigenvalue weighted by molar-refractivity contribution is 1.41. The van der Waals surface area contributed by atoms with Crippen LogP contribution < -0.4 is 0 Å². The Morgan fingerprint density at radius 2 is 2.27 bits per heavy atom. The van der Waals surface area contributed by atoms with E-state index in [4.69, 9.17) is 0 Å². The van der Waals surface area contributed by atoms with E-state index in [-0.39, 0.29) is 0 Å². The van der Waals surface area contributed by atoms with Gasteiger partial charge in [-0.1, -0.05) is 12.1 Å². The minimum absolute atomic E-state index is 0.975. The van der Waals surface area contributed by atoms with Gasteiger partial charge in [0, 0.05) is 16.1 Å². The van der Waals surface area contributed by atoms with Gasteiger partial charge >= 0.3 is 0 Å². The van der Waals surface area contributed by atoms with Crippen LogP contribution in [0, 0.1) is 6.07 Å². The minimum Gasteiger partial charge on any atom is -0.256 e. The fourth-order valence-corrected chi connectivity index (χ4v) is 1.47. The quantitative estimate of drug-likeness (QED) is 0.647. The molecule has 0 fully saturated rings. The minimum atomic E-state index is 0.975. The molecule has 0 amide bonds. The van der Waals surface area contributed by atoms with Gasteiger partial charge in [-0.05, 0) is 34.1 Å². The molecule has 1 heterocycles. The molecule has 0 saturated carbocycles. The zero-order valence-corrected chi connectivity index (χ0v) is 7.30. The van der Waals surface area contributed by atoms with Gasteiger partial charge < -0.3 is 0 Å². The molecule has 0 unspecified atom stereocenters. The third-order valence-corrected chi connectivity index (χ3v) is 2.18. The van der Waals surface area contributed by atoms with E-state index in [2.05, 4.69) is 27.0 Å². The van der Waals surface area contributed by atoms with Gasteiger partial charge in [-0.2, -0.15) is 0 Å². The van der Waals surface area contributed by atoms with Crippen LogP contribution in [0.4, 0.5) is 0 Å². The highest BCUT2D eigenvalue weighted by molar-refractivity contribution is 9.10. The molecule has 0 N–H and O–H groups in total. The summed E-state index contributed by atoms with van der Waals surface area (Å²) >= 11 is 3.40. The van der Waals surface area contributed by atoms with E-state index in [1.54, 1.807) is 6.20 Å². The molecule has 1 aromatic carbocycles. The summed E-state index contributed by atoms with van der Waals surface area (Å²) in [5, 5.41) is 1.11.